The van der Waals surface area contributed by atoms with Crippen LogP contribution in [0.2, 0.25) is 0 Å². The quantitative estimate of drug-likeness (QED) is 0.472. The molecular weight excluding hydrogens is 375 g/mol. The molecular formula is C22H21FN2O2S. The van der Waals surface area contributed by atoms with E-state index in [2.05, 4.69) is 28.8 Å². The number of nitrogens with zero attached hydrogens (tertiary/aromatic N) is 2. The van der Waals surface area contributed by atoms with E-state index in [-0.39, 0.29) is 18.2 Å². The van der Waals surface area contributed by atoms with Gasteiger partial charge < -0.3 is 4.74 Å². The summed E-state index contributed by atoms with van der Waals surface area (Å²) in [6, 6.07) is 13.0. The summed E-state index contributed by atoms with van der Waals surface area (Å²) in [6.45, 7) is 2.75. The van der Waals surface area contributed by atoms with E-state index in [0.717, 1.165) is 33.6 Å². The van der Waals surface area contributed by atoms with Crippen LogP contribution in [0.5, 0.6) is 0 Å². The minimum Gasteiger partial charge on any atom is -0.466 e. The topological polar surface area (TPSA) is 43.6 Å². The summed E-state index contributed by atoms with van der Waals surface area (Å²) in [4.78, 5) is 18.1. The molecule has 6 heteroatoms. The first-order chi connectivity index (χ1) is 13.6. The summed E-state index contributed by atoms with van der Waals surface area (Å²) in [5.74, 6) is 0.222. The number of esters is 1. The van der Waals surface area contributed by atoms with Gasteiger partial charge in [0.15, 0.2) is 0 Å². The van der Waals surface area contributed by atoms with E-state index < -0.39 is 0 Å². The van der Waals surface area contributed by atoms with Crippen LogP contribution >= 0.6 is 11.8 Å². The van der Waals surface area contributed by atoms with Crippen LogP contribution in [0.3, 0.4) is 0 Å². The zero-order valence-electron chi connectivity index (χ0n) is 15.9. The number of carbonyl (C=O) groups is 1. The molecule has 0 saturated heterocycles. The Bertz CT molecular complexity index is 1070. The molecule has 0 amide bonds. The van der Waals surface area contributed by atoms with Crippen LogP contribution in [0.4, 0.5) is 4.39 Å². The van der Waals surface area contributed by atoms with Gasteiger partial charge >= 0.3 is 5.97 Å². The second kappa shape index (κ2) is 7.80. The Labute approximate surface area is 167 Å². The molecule has 144 valence electrons. The lowest BCUT2D eigenvalue weighted by atomic mass is 10.1. The summed E-state index contributed by atoms with van der Waals surface area (Å²) in [5.41, 5.74) is 3.71. The van der Waals surface area contributed by atoms with Crippen LogP contribution in [0, 0.1) is 5.82 Å². The van der Waals surface area contributed by atoms with Gasteiger partial charge in [-0.15, -0.1) is 11.8 Å². The summed E-state index contributed by atoms with van der Waals surface area (Å²) in [7, 11) is 0. The molecule has 0 spiro atoms. The summed E-state index contributed by atoms with van der Waals surface area (Å²) in [6.07, 6.45) is 2.88. The van der Waals surface area contributed by atoms with Crippen LogP contribution in [0.1, 0.15) is 23.7 Å². The third kappa shape index (κ3) is 3.33. The fourth-order valence-electron chi connectivity index (χ4n) is 3.74. The molecule has 4 rings (SSSR count). The first-order valence-corrected chi connectivity index (χ1v) is 10.5. The van der Waals surface area contributed by atoms with E-state index in [1.165, 1.54) is 17.0 Å². The molecule has 0 saturated carbocycles. The Morgan fingerprint density at radius 2 is 2.04 bits per heavy atom. The molecule has 0 radical (unpaired) electrons. The number of fused-ring (bicyclic) bond motifs is 3. The second-order valence-electron chi connectivity index (χ2n) is 6.59. The van der Waals surface area contributed by atoms with Crippen molar-refractivity contribution in [3.8, 4) is 0 Å². The first kappa shape index (κ1) is 18.7. The van der Waals surface area contributed by atoms with Gasteiger partial charge in [0, 0.05) is 34.5 Å². The molecule has 0 atom stereocenters. The van der Waals surface area contributed by atoms with Crippen molar-refractivity contribution in [2.24, 2.45) is 4.99 Å². The highest BCUT2D eigenvalue weighted by Gasteiger charge is 2.25. The number of hydrogen-bond donors (Lipinski definition) is 0. The first-order valence-electron chi connectivity index (χ1n) is 9.29. The largest absolute Gasteiger partial charge is 0.466 e. The Hall–Kier alpha value is -2.60. The molecule has 0 unspecified atom stereocenters. The molecule has 1 aromatic heterocycles. The average molecular weight is 396 g/mol. The Kier molecular flexibility index (Phi) is 5.22. The van der Waals surface area contributed by atoms with Crippen molar-refractivity contribution >= 4 is 34.5 Å². The van der Waals surface area contributed by atoms with Gasteiger partial charge in [-0.25, -0.2) is 4.39 Å². The van der Waals surface area contributed by atoms with Crippen molar-refractivity contribution in [1.29, 1.82) is 0 Å². The normalized spacial score (nSPS) is 13.3. The molecule has 2 heterocycles. The lowest BCUT2D eigenvalue weighted by molar-refractivity contribution is -0.142. The lowest BCUT2D eigenvalue weighted by Crippen LogP contribution is -2.23. The van der Waals surface area contributed by atoms with Gasteiger partial charge in [0.25, 0.3) is 0 Å². The van der Waals surface area contributed by atoms with Gasteiger partial charge in [-0.05, 0) is 49.1 Å². The van der Waals surface area contributed by atoms with Crippen LogP contribution in [0.25, 0.3) is 10.9 Å². The maximum absolute atomic E-state index is 14.0. The number of aromatic nitrogens is 1. The van der Waals surface area contributed by atoms with E-state index in [9.17, 15) is 9.18 Å². The third-order valence-electron chi connectivity index (χ3n) is 4.94. The number of aliphatic imine (C=N–C) groups is 1. The van der Waals surface area contributed by atoms with E-state index >= 15 is 0 Å². The van der Waals surface area contributed by atoms with Crippen molar-refractivity contribution < 1.29 is 13.9 Å². The monoisotopic (exact) mass is 396 g/mol. The van der Waals surface area contributed by atoms with Gasteiger partial charge in [-0.2, -0.15) is 0 Å². The fourth-order valence-corrected chi connectivity index (χ4v) is 4.15. The lowest BCUT2D eigenvalue weighted by Gasteiger charge is -2.19. The predicted octanol–water partition coefficient (Wildman–Crippen LogP) is 4.46. The van der Waals surface area contributed by atoms with E-state index in [1.807, 2.05) is 6.26 Å². The summed E-state index contributed by atoms with van der Waals surface area (Å²) < 4.78 is 21.2. The standard InChI is InChI=1S/C22H21FN2O2S/c1-3-27-21(26)13-18-17-12-15(23)6-9-19(17)25-20(18)10-11-24-22(25)14-4-7-16(28-2)8-5-14/h4-9,12H,3,10-11,13H2,1-2H3. The molecule has 0 N–H and O–H groups in total. The molecule has 0 bridgehead atoms. The van der Waals surface area contributed by atoms with Gasteiger partial charge in [0.05, 0.1) is 18.5 Å². The minimum absolute atomic E-state index is 0.134. The Balaban J connectivity index is 1.88. The van der Waals surface area contributed by atoms with Crippen LogP contribution in [0.15, 0.2) is 52.4 Å². The molecule has 1 aliphatic rings. The van der Waals surface area contributed by atoms with Crippen molar-refractivity contribution in [2.45, 2.75) is 24.7 Å². The number of halogens is 1. The maximum Gasteiger partial charge on any atom is 0.310 e. The highest BCUT2D eigenvalue weighted by atomic mass is 32.2. The maximum atomic E-state index is 14.0. The highest BCUT2D eigenvalue weighted by molar-refractivity contribution is 7.98. The highest BCUT2D eigenvalue weighted by Crippen LogP contribution is 2.31. The number of carbonyl (C=O) groups excluding carboxylic acids is 1. The number of thioether (sulfide) groups is 1. The van der Waals surface area contributed by atoms with E-state index in [4.69, 9.17) is 9.73 Å². The number of ether oxygens (including phenoxy) is 1. The predicted molar refractivity (Wildman–Crippen MR) is 111 cm³/mol. The second-order valence-corrected chi connectivity index (χ2v) is 7.47. The molecule has 1 aliphatic heterocycles. The SMILES string of the molecule is CCOC(=O)Cc1c2n(c3ccc(F)cc13)C(c1ccc(SC)cc1)=NCC2. The van der Waals surface area contributed by atoms with Gasteiger partial charge in [0.1, 0.15) is 11.7 Å². The molecule has 28 heavy (non-hydrogen) atoms. The smallest absolute Gasteiger partial charge is 0.310 e. The molecule has 2 aromatic carbocycles. The van der Waals surface area contributed by atoms with Gasteiger partial charge in [0.2, 0.25) is 0 Å². The molecule has 0 aliphatic carbocycles. The molecule has 0 fully saturated rings. The zero-order chi connectivity index (χ0) is 19.7. The molecule has 4 nitrogen and oxygen atoms in total. The van der Waals surface area contributed by atoms with Crippen LogP contribution in [-0.2, 0) is 22.4 Å². The minimum atomic E-state index is -0.316. The molecule has 3 aromatic rings. The number of rotatable bonds is 5. The zero-order valence-corrected chi connectivity index (χ0v) is 16.7. The van der Waals surface area contributed by atoms with Crippen molar-refractivity contribution in [3.05, 3.63) is 65.1 Å². The Morgan fingerprint density at radius 1 is 1.25 bits per heavy atom. The van der Waals surface area contributed by atoms with Gasteiger partial charge in [-0.3, -0.25) is 14.4 Å². The average Bonchev–Trinajstić information content (AvgIpc) is 3.01. The van der Waals surface area contributed by atoms with Crippen LogP contribution in [-0.4, -0.2) is 35.8 Å². The van der Waals surface area contributed by atoms with E-state index in [1.54, 1.807) is 24.8 Å². The van der Waals surface area contributed by atoms with Crippen LogP contribution < -0.4 is 0 Å². The third-order valence-corrected chi connectivity index (χ3v) is 5.68. The Morgan fingerprint density at radius 3 is 2.75 bits per heavy atom. The van der Waals surface area contributed by atoms with Gasteiger partial charge in [-0.1, -0.05) is 12.1 Å². The van der Waals surface area contributed by atoms with Crippen molar-refractivity contribution in [2.75, 3.05) is 19.4 Å². The number of hydrogen-bond acceptors (Lipinski definition) is 4. The number of benzene rings is 2. The van der Waals surface area contributed by atoms with E-state index in [0.29, 0.717) is 19.6 Å². The summed E-state index contributed by atoms with van der Waals surface area (Å²) in [5, 5.41) is 0.749. The summed E-state index contributed by atoms with van der Waals surface area (Å²) >= 11 is 1.69. The fraction of sp³-hybridized carbons (Fsp3) is 0.273. The van der Waals surface area contributed by atoms with Crippen molar-refractivity contribution in [1.82, 2.24) is 4.57 Å². The van der Waals surface area contributed by atoms with Crippen molar-refractivity contribution in [3.63, 3.8) is 0 Å².